The predicted molar refractivity (Wildman–Crippen MR) is 76.0 cm³/mol. The molecular formula is C12H11Cl2N2O3S. The Morgan fingerprint density at radius 3 is 2.80 bits per heavy atom. The van der Waals surface area contributed by atoms with Crippen molar-refractivity contribution in [2.24, 2.45) is 0 Å². The molecule has 0 fully saturated rings. The fourth-order valence-electron chi connectivity index (χ4n) is 1.34. The van der Waals surface area contributed by atoms with Crippen LogP contribution in [0.15, 0.2) is 12.1 Å². The highest BCUT2D eigenvalue weighted by atomic mass is 35.5. The summed E-state index contributed by atoms with van der Waals surface area (Å²) in [4.78, 5) is 11.6. The molecule has 0 saturated heterocycles. The molecule has 0 heterocycles. The van der Waals surface area contributed by atoms with Gasteiger partial charge in [0.05, 0.1) is 17.4 Å². The van der Waals surface area contributed by atoms with Crippen molar-refractivity contribution in [2.45, 2.75) is 18.7 Å². The van der Waals surface area contributed by atoms with Crippen LogP contribution in [0.5, 0.6) is 0 Å². The molecule has 1 unspecified atom stereocenters. The topological polar surface area (TPSA) is 87.0 Å². The van der Waals surface area contributed by atoms with Crippen molar-refractivity contribution in [3.63, 3.8) is 0 Å². The van der Waals surface area contributed by atoms with Gasteiger partial charge >= 0.3 is 0 Å². The van der Waals surface area contributed by atoms with Crippen LogP contribution < -0.4 is 4.72 Å². The third kappa shape index (κ3) is 4.67. The van der Waals surface area contributed by atoms with Crippen LogP contribution in [0.4, 0.5) is 0 Å². The van der Waals surface area contributed by atoms with Crippen molar-refractivity contribution in [2.75, 3.05) is 5.75 Å². The van der Waals surface area contributed by atoms with Crippen molar-refractivity contribution >= 4 is 39.1 Å². The molecular weight excluding hydrogens is 323 g/mol. The second-order valence-electron chi connectivity index (χ2n) is 3.87. The summed E-state index contributed by atoms with van der Waals surface area (Å²) in [6.45, 7) is 1.40. The number of rotatable bonds is 5. The summed E-state index contributed by atoms with van der Waals surface area (Å²) in [5.41, 5.74) is 0.742. The quantitative estimate of drug-likeness (QED) is 0.829. The first-order valence-corrected chi connectivity index (χ1v) is 8.04. The molecule has 1 atom stereocenters. The van der Waals surface area contributed by atoms with Gasteiger partial charge in [0.15, 0.2) is 0 Å². The number of nitriles is 1. The Labute approximate surface area is 127 Å². The van der Waals surface area contributed by atoms with Gasteiger partial charge in [0.1, 0.15) is 5.38 Å². The van der Waals surface area contributed by atoms with Crippen LogP contribution in [0.2, 0.25) is 5.02 Å². The fraction of sp³-hybridized carbons (Fsp3) is 0.333. The molecule has 8 heteroatoms. The van der Waals surface area contributed by atoms with E-state index in [1.807, 2.05) is 10.8 Å². The molecule has 0 bridgehead atoms. The summed E-state index contributed by atoms with van der Waals surface area (Å²) in [7, 11) is -3.66. The zero-order valence-corrected chi connectivity index (χ0v) is 12.8. The van der Waals surface area contributed by atoms with Crippen molar-refractivity contribution < 1.29 is 13.2 Å². The molecule has 0 aromatic heterocycles. The van der Waals surface area contributed by atoms with E-state index in [2.05, 4.69) is 6.07 Å². The number of alkyl halides is 1. The molecule has 0 aliphatic carbocycles. The molecule has 5 nitrogen and oxygen atoms in total. The van der Waals surface area contributed by atoms with E-state index in [1.165, 1.54) is 19.1 Å². The standard InChI is InChI=1S/C12H11Cl2N2O3S/c1-2-20(18,19)16-12(17)11(14)6-8-3-4-10(13)5-9(8)7-15/h3,5,11H,2,6H2,1H3,(H,16,17). The van der Waals surface area contributed by atoms with Gasteiger partial charge in [-0.1, -0.05) is 11.6 Å². The lowest BCUT2D eigenvalue weighted by Crippen LogP contribution is -2.38. The Morgan fingerprint density at radius 1 is 1.60 bits per heavy atom. The summed E-state index contributed by atoms with van der Waals surface area (Å²) in [6.07, 6.45) is 0.00316. The van der Waals surface area contributed by atoms with Gasteiger partial charge in [-0.15, -0.1) is 11.6 Å². The summed E-state index contributed by atoms with van der Waals surface area (Å²) in [5, 5.41) is 8.12. The maximum absolute atomic E-state index is 11.6. The number of sulfonamides is 1. The van der Waals surface area contributed by atoms with E-state index >= 15 is 0 Å². The monoisotopic (exact) mass is 333 g/mol. The third-order valence-corrected chi connectivity index (χ3v) is 4.28. The lowest BCUT2D eigenvalue weighted by Gasteiger charge is -2.11. The van der Waals surface area contributed by atoms with Crippen LogP contribution in [0.1, 0.15) is 18.1 Å². The average molecular weight is 334 g/mol. The predicted octanol–water partition coefficient (Wildman–Crippen LogP) is 1.63. The van der Waals surface area contributed by atoms with Gasteiger partial charge in [-0.25, -0.2) is 8.42 Å². The number of benzene rings is 1. The minimum atomic E-state index is -3.66. The fourth-order valence-corrected chi connectivity index (χ4v) is 2.39. The van der Waals surface area contributed by atoms with E-state index in [0.29, 0.717) is 5.56 Å². The first-order valence-electron chi connectivity index (χ1n) is 5.57. The Hall–Kier alpha value is -1.29. The van der Waals surface area contributed by atoms with Crippen molar-refractivity contribution in [3.8, 4) is 6.07 Å². The zero-order valence-electron chi connectivity index (χ0n) is 10.5. The van der Waals surface area contributed by atoms with Crippen LogP contribution in [-0.2, 0) is 21.2 Å². The maximum atomic E-state index is 11.6. The lowest BCUT2D eigenvalue weighted by atomic mass is 10.0. The van der Waals surface area contributed by atoms with Crippen LogP contribution in [0.25, 0.3) is 0 Å². The zero-order chi connectivity index (χ0) is 15.3. The van der Waals surface area contributed by atoms with E-state index in [4.69, 9.17) is 28.5 Å². The van der Waals surface area contributed by atoms with Gasteiger partial charge in [-0.05, 0) is 31.0 Å². The van der Waals surface area contributed by atoms with Gasteiger partial charge < -0.3 is 0 Å². The summed E-state index contributed by atoms with van der Waals surface area (Å²) >= 11 is 11.6. The number of amides is 1. The van der Waals surface area contributed by atoms with Crippen molar-refractivity contribution in [1.82, 2.24) is 4.72 Å². The van der Waals surface area contributed by atoms with Crippen molar-refractivity contribution in [3.05, 3.63) is 34.3 Å². The molecule has 107 valence electrons. The molecule has 0 aliphatic rings. The molecule has 1 aromatic rings. The number of carbonyl (C=O) groups excluding carboxylic acids is 1. The van der Waals surface area contributed by atoms with Crippen LogP contribution in [-0.4, -0.2) is 25.5 Å². The number of hydrogen-bond donors (Lipinski definition) is 1. The lowest BCUT2D eigenvalue weighted by molar-refractivity contribution is -0.119. The number of hydrogen-bond acceptors (Lipinski definition) is 4. The third-order valence-electron chi connectivity index (χ3n) is 2.44. The van der Waals surface area contributed by atoms with Gasteiger partial charge in [-0.3, -0.25) is 9.52 Å². The Kier molecular flexibility index (Phi) is 5.81. The number of nitrogens with zero attached hydrogens (tertiary/aromatic N) is 1. The highest BCUT2D eigenvalue weighted by Gasteiger charge is 2.21. The van der Waals surface area contributed by atoms with Crippen molar-refractivity contribution in [1.29, 1.82) is 5.26 Å². The van der Waals surface area contributed by atoms with E-state index in [-0.39, 0.29) is 22.8 Å². The summed E-state index contributed by atoms with van der Waals surface area (Å²) < 4.78 is 24.4. The number of halogens is 2. The van der Waals surface area contributed by atoms with Crippen LogP contribution in [0.3, 0.4) is 0 Å². The highest BCUT2D eigenvalue weighted by molar-refractivity contribution is 7.90. The second kappa shape index (κ2) is 6.93. The second-order valence-corrected chi connectivity index (χ2v) is 6.82. The molecule has 1 radical (unpaired) electrons. The first kappa shape index (κ1) is 16.8. The molecule has 20 heavy (non-hydrogen) atoms. The van der Waals surface area contributed by atoms with E-state index in [9.17, 15) is 13.2 Å². The van der Waals surface area contributed by atoms with Gasteiger partial charge in [0, 0.05) is 11.1 Å². The van der Waals surface area contributed by atoms with Crippen LogP contribution >= 0.6 is 23.2 Å². The molecule has 1 rings (SSSR count). The van der Waals surface area contributed by atoms with E-state index in [1.54, 1.807) is 0 Å². The van der Waals surface area contributed by atoms with Gasteiger partial charge in [0.2, 0.25) is 10.0 Å². The Bertz CT molecular complexity index is 653. The Balaban J connectivity index is 2.84. The smallest absolute Gasteiger partial charge is 0.251 e. The molecule has 0 aliphatic heterocycles. The molecule has 0 spiro atoms. The summed E-state index contributed by atoms with van der Waals surface area (Å²) in [6, 6.07) is 7.47. The van der Waals surface area contributed by atoms with E-state index < -0.39 is 21.3 Å². The minimum Gasteiger partial charge on any atom is -0.272 e. The van der Waals surface area contributed by atoms with Gasteiger partial charge in [-0.2, -0.15) is 5.26 Å². The Morgan fingerprint density at radius 2 is 2.25 bits per heavy atom. The van der Waals surface area contributed by atoms with E-state index in [0.717, 1.165) is 0 Å². The molecule has 0 saturated carbocycles. The largest absolute Gasteiger partial charge is 0.272 e. The highest BCUT2D eigenvalue weighted by Crippen LogP contribution is 2.18. The molecule has 1 N–H and O–H groups in total. The van der Waals surface area contributed by atoms with Crippen LogP contribution in [0, 0.1) is 17.4 Å². The first-order chi connectivity index (χ1) is 9.29. The summed E-state index contributed by atoms with van der Waals surface area (Å²) in [5.74, 6) is -1.05. The minimum absolute atomic E-state index is 0.00316. The molecule has 1 aromatic carbocycles. The average Bonchev–Trinajstić information content (AvgIpc) is 2.40. The number of carbonyl (C=O) groups is 1. The normalized spacial score (nSPS) is 12.5. The maximum Gasteiger partial charge on any atom is 0.251 e. The molecule has 1 amide bonds. The number of nitrogens with one attached hydrogen (secondary N) is 1. The van der Waals surface area contributed by atoms with Gasteiger partial charge in [0.25, 0.3) is 5.91 Å². The SMILES string of the molecule is CCS(=O)(=O)NC(=O)C(Cl)Cc1c[c]c(Cl)cc1C#N.